The molecule has 0 spiro atoms. The van der Waals surface area contributed by atoms with Crippen LogP contribution in [0, 0.1) is 44.1 Å². The summed E-state index contributed by atoms with van der Waals surface area (Å²) < 4.78 is 5.44. The second-order valence-electron chi connectivity index (χ2n) is 6.74. The third-order valence-electron chi connectivity index (χ3n) is 4.69. The summed E-state index contributed by atoms with van der Waals surface area (Å²) in [5.41, 5.74) is 4.82. The van der Waals surface area contributed by atoms with E-state index in [1.165, 1.54) is 0 Å². The van der Waals surface area contributed by atoms with Gasteiger partial charge in [-0.1, -0.05) is 28.9 Å². The largest absolute Gasteiger partial charge is 2.00 e. The van der Waals surface area contributed by atoms with Crippen LogP contribution in [-0.4, -0.2) is 35.6 Å². The van der Waals surface area contributed by atoms with Crippen LogP contribution in [0.2, 0.25) is 0 Å². The van der Waals surface area contributed by atoms with Crippen LogP contribution < -0.4 is 10.1 Å². The second kappa shape index (κ2) is 15.7. The van der Waals surface area contributed by atoms with E-state index in [0.29, 0.717) is 31.2 Å². The zero-order valence-corrected chi connectivity index (χ0v) is 24.0. The molecule has 0 saturated heterocycles. The van der Waals surface area contributed by atoms with Gasteiger partial charge in [0.15, 0.2) is 0 Å². The van der Waals surface area contributed by atoms with Gasteiger partial charge in [-0.05, 0) is 32.4 Å². The molecule has 0 amide bonds. The maximum Gasteiger partial charge on any atom is 2.00 e. The maximum atomic E-state index is 9.01. The molecule has 0 atom stereocenters. The molecule has 3 aromatic rings. The standard InChI is InChI=1S/C24H28N3O3.C2H5.U/c1-4-23(18-9-11-20(12-10-18)29-5-2)30-27-17(3)21-7-6-8-22-24(21)19(16-26-22)15-25-13-14-28;1-2;/h4,6-11,16,25-26,28H,5,13-15H2,1-3H3;1H2,2H3;/q2*-1;+2/b23-4-,27-17+;;. The number of hydrogen-bond acceptors (Lipinski definition) is 5. The predicted molar refractivity (Wildman–Crippen MR) is 132 cm³/mol. The first-order valence-corrected chi connectivity index (χ1v) is 10.8. The zero-order valence-electron chi connectivity index (χ0n) is 19.9. The molecule has 0 fully saturated rings. The zero-order chi connectivity index (χ0) is 23.3. The van der Waals surface area contributed by atoms with Gasteiger partial charge in [-0.25, -0.2) is 0 Å². The molecule has 3 rings (SSSR count). The summed E-state index contributed by atoms with van der Waals surface area (Å²) in [6, 6.07) is 14.8. The first-order valence-electron chi connectivity index (χ1n) is 10.8. The van der Waals surface area contributed by atoms with Gasteiger partial charge in [0.1, 0.15) is 5.76 Å². The van der Waals surface area contributed by atoms with E-state index in [1.54, 1.807) is 6.92 Å². The summed E-state index contributed by atoms with van der Waals surface area (Å²) in [7, 11) is 0. The van der Waals surface area contributed by atoms with Crippen LogP contribution in [0.15, 0.2) is 53.8 Å². The van der Waals surface area contributed by atoms with Crippen molar-refractivity contribution in [2.75, 3.05) is 19.8 Å². The minimum atomic E-state index is 0. The number of fused-ring (bicyclic) bond motifs is 1. The Morgan fingerprint density at radius 3 is 2.70 bits per heavy atom. The predicted octanol–water partition coefficient (Wildman–Crippen LogP) is 5.09. The third kappa shape index (κ3) is 8.05. The van der Waals surface area contributed by atoms with Crippen LogP contribution in [-0.2, 0) is 11.4 Å². The van der Waals surface area contributed by atoms with E-state index in [0.717, 1.165) is 33.3 Å². The van der Waals surface area contributed by atoms with Gasteiger partial charge in [0, 0.05) is 41.5 Å². The SMILES string of the molecule is C/C=C(\O/N=C(\C)c1cccc2[nH]cc(CNCCO)c12)c1c[c-]c(OCC)cc1.[CH2-]C.[U+2]. The van der Waals surface area contributed by atoms with Crippen LogP contribution in [0.1, 0.15) is 44.4 Å². The number of oxime groups is 1. The molecule has 0 aliphatic rings. The van der Waals surface area contributed by atoms with Crippen LogP contribution in [0.5, 0.6) is 5.75 Å². The molecule has 1 aromatic heterocycles. The van der Waals surface area contributed by atoms with Gasteiger partial charge in [0.25, 0.3) is 0 Å². The molecule has 33 heavy (non-hydrogen) atoms. The monoisotopic (exact) mass is 673 g/mol. The molecular weight excluding hydrogens is 640 g/mol. The molecule has 7 heteroatoms. The van der Waals surface area contributed by atoms with Gasteiger partial charge in [-0.15, -0.1) is 12.1 Å². The minimum absolute atomic E-state index is 0. The van der Waals surface area contributed by atoms with Crippen LogP contribution in [0.4, 0.5) is 0 Å². The number of hydrogen-bond donors (Lipinski definition) is 3. The number of aliphatic hydroxyl groups excluding tert-OH is 1. The number of nitrogens with one attached hydrogen (secondary N) is 2. The summed E-state index contributed by atoms with van der Waals surface area (Å²) in [6.45, 7) is 12.7. The summed E-state index contributed by atoms with van der Waals surface area (Å²) >= 11 is 0. The number of allylic oxidation sites excluding steroid dienone is 1. The fourth-order valence-electron chi connectivity index (χ4n) is 3.25. The Balaban J connectivity index is 0.00000177. The van der Waals surface area contributed by atoms with Gasteiger partial charge in [-0.2, -0.15) is 19.1 Å². The number of aromatic amines is 1. The summed E-state index contributed by atoms with van der Waals surface area (Å²) in [5, 5.41) is 17.7. The number of nitrogens with zero attached hydrogens (tertiary/aromatic N) is 1. The van der Waals surface area contributed by atoms with E-state index in [9.17, 15) is 0 Å². The van der Waals surface area contributed by atoms with Crippen LogP contribution in [0.3, 0.4) is 0 Å². The fraction of sp³-hybridized carbons (Fsp3) is 0.308. The van der Waals surface area contributed by atoms with Gasteiger partial charge >= 0.3 is 31.1 Å². The van der Waals surface area contributed by atoms with E-state index in [4.69, 9.17) is 14.7 Å². The maximum absolute atomic E-state index is 9.01. The number of H-pyrrole nitrogens is 1. The number of aliphatic hydroxyl groups is 1. The van der Waals surface area contributed by atoms with E-state index in [-0.39, 0.29) is 37.7 Å². The quantitative estimate of drug-likeness (QED) is 0.0922. The summed E-state index contributed by atoms with van der Waals surface area (Å²) in [5.74, 6) is 1.36. The van der Waals surface area contributed by atoms with Crippen molar-refractivity contribution in [1.82, 2.24) is 10.3 Å². The molecule has 1 heterocycles. The Kier molecular flexibility index (Phi) is 13.8. The first-order chi connectivity index (χ1) is 15.7. The van der Waals surface area contributed by atoms with E-state index < -0.39 is 0 Å². The minimum Gasteiger partial charge on any atom is -0.520 e. The molecule has 3 N–H and O–H groups in total. The van der Waals surface area contributed by atoms with Crippen molar-refractivity contribution >= 4 is 22.4 Å². The average Bonchev–Trinajstić information content (AvgIpc) is 3.25. The van der Waals surface area contributed by atoms with Crippen LogP contribution >= 0.6 is 0 Å². The Hall–Kier alpha value is -2.04. The van der Waals surface area contributed by atoms with Crippen molar-refractivity contribution in [1.29, 1.82) is 0 Å². The average molecular weight is 674 g/mol. The van der Waals surface area contributed by atoms with Crippen molar-refractivity contribution < 1.29 is 45.8 Å². The van der Waals surface area contributed by atoms with Gasteiger partial charge in [-0.3, -0.25) is 0 Å². The molecule has 0 radical (unpaired) electrons. The molecule has 0 saturated carbocycles. The van der Waals surface area contributed by atoms with E-state index in [1.807, 2.05) is 69.4 Å². The number of benzene rings is 2. The Morgan fingerprint density at radius 1 is 1.27 bits per heavy atom. The first kappa shape index (κ1) is 29.0. The Labute approximate surface area is 220 Å². The van der Waals surface area contributed by atoms with Crippen molar-refractivity contribution in [3.05, 3.63) is 78.4 Å². The molecule has 2 aromatic carbocycles. The van der Waals surface area contributed by atoms with Crippen molar-refractivity contribution in [2.45, 2.75) is 34.2 Å². The van der Waals surface area contributed by atoms with E-state index >= 15 is 0 Å². The van der Waals surface area contributed by atoms with Crippen molar-refractivity contribution in [3.63, 3.8) is 0 Å². The Bertz CT molecular complexity index is 1030. The number of aromatic nitrogens is 1. The topological polar surface area (TPSA) is 78.9 Å². The number of ether oxygens (including phenoxy) is 1. The number of rotatable bonds is 10. The van der Waals surface area contributed by atoms with Crippen molar-refractivity contribution in [2.24, 2.45) is 5.16 Å². The second-order valence-corrected chi connectivity index (χ2v) is 6.74. The molecule has 0 aliphatic heterocycles. The molecule has 0 bridgehead atoms. The summed E-state index contributed by atoms with van der Waals surface area (Å²) in [6.07, 6.45) is 3.86. The molecule has 174 valence electrons. The van der Waals surface area contributed by atoms with Crippen molar-refractivity contribution in [3.8, 4) is 5.75 Å². The van der Waals surface area contributed by atoms with Gasteiger partial charge in [0.2, 0.25) is 0 Å². The molecule has 0 unspecified atom stereocenters. The third-order valence-corrected chi connectivity index (χ3v) is 4.69. The molecule has 6 nitrogen and oxygen atoms in total. The fourth-order valence-corrected chi connectivity index (χ4v) is 3.25. The molecular formula is C26H33N3O3U. The normalized spacial score (nSPS) is 11.5. The van der Waals surface area contributed by atoms with E-state index in [2.05, 4.69) is 28.4 Å². The smallest absolute Gasteiger partial charge is 0.520 e. The van der Waals surface area contributed by atoms with Gasteiger partial charge < -0.3 is 31.9 Å². The Morgan fingerprint density at radius 2 is 2.06 bits per heavy atom. The summed E-state index contributed by atoms with van der Waals surface area (Å²) in [4.78, 5) is 9.09. The van der Waals surface area contributed by atoms with Gasteiger partial charge in [0.05, 0.1) is 18.9 Å². The van der Waals surface area contributed by atoms with Crippen LogP contribution in [0.25, 0.3) is 16.7 Å². The molecule has 0 aliphatic carbocycles.